The summed E-state index contributed by atoms with van der Waals surface area (Å²) in [4.78, 5) is 0. The Morgan fingerprint density at radius 3 is 2.40 bits per heavy atom. The van der Waals surface area contributed by atoms with E-state index in [0.717, 1.165) is 17.0 Å². The maximum absolute atomic E-state index is 13.9. The van der Waals surface area contributed by atoms with E-state index in [2.05, 4.69) is 5.32 Å². The van der Waals surface area contributed by atoms with Crippen molar-refractivity contribution in [2.75, 3.05) is 25.3 Å². The van der Waals surface area contributed by atoms with Crippen molar-refractivity contribution in [1.82, 2.24) is 0 Å². The summed E-state index contributed by atoms with van der Waals surface area (Å²) in [6.45, 7) is 1.91. The number of ether oxygens (including phenoxy) is 2. The van der Waals surface area contributed by atoms with Gasteiger partial charge in [0.15, 0.2) is 0 Å². The molecule has 106 valence electrons. The van der Waals surface area contributed by atoms with E-state index in [0.29, 0.717) is 11.4 Å². The fourth-order valence-corrected chi connectivity index (χ4v) is 1.89. The number of hydrogen-bond acceptors (Lipinski definition) is 4. The standard InChI is InChI=1S/C15H17FN2O2/c1-9-6-10(19-2)4-5-13(9)18-14-8-15(20-3)12(17)7-11(14)16/h4-8,18H,17H2,1-3H3. The Labute approximate surface area is 117 Å². The Morgan fingerprint density at radius 1 is 1.05 bits per heavy atom. The second kappa shape index (κ2) is 5.69. The van der Waals surface area contributed by atoms with E-state index in [-0.39, 0.29) is 5.69 Å². The van der Waals surface area contributed by atoms with Gasteiger partial charge in [0, 0.05) is 17.8 Å². The number of benzene rings is 2. The van der Waals surface area contributed by atoms with Gasteiger partial charge in [0.25, 0.3) is 0 Å². The lowest BCUT2D eigenvalue weighted by Gasteiger charge is -2.13. The number of hydrogen-bond donors (Lipinski definition) is 2. The molecule has 3 N–H and O–H groups in total. The minimum absolute atomic E-state index is 0.266. The highest BCUT2D eigenvalue weighted by molar-refractivity contribution is 5.69. The second-order valence-electron chi connectivity index (χ2n) is 4.38. The Balaban J connectivity index is 2.34. The molecule has 2 aromatic carbocycles. The summed E-state index contributed by atoms with van der Waals surface area (Å²) >= 11 is 0. The second-order valence-corrected chi connectivity index (χ2v) is 4.38. The van der Waals surface area contributed by atoms with Crippen LogP contribution in [0.2, 0.25) is 0 Å². The third-order valence-electron chi connectivity index (χ3n) is 3.02. The Bertz CT molecular complexity index is 630. The molecular formula is C15H17FN2O2. The van der Waals surface area contributed by atoms with Crippen molar-refractivity contribution in [3.63, 3.8) is 0 Å². The molecule has 0 amide bonds. The van der Waals surface area contributed by atoms with Crippen LogP contribution >= 0.6 is 0 Å². The molecule has 2 aromatic rings. The molecule has 0 radical (unpaired) electrons. The fraction of sp³-hybridized carbons (Fsp3) is 0.200. The van der Waals surface area contributed by atoms with Gasteiger partial charge in [0.1, 0.15) is 17.3 Å². The predicted molar refractivity (Wildman–Crippen MR) is 78.4 cm³/mol. The zero-order valence-electron chi connectivity index (χ0n) is 11.7. The number of rotatable bonds is 4. The van der Waals surface area contributed by atoms with Crippen LogP contribution < -0.4 is 20.5 Å². The first-order valence-electron chi connectivity index (χ1n) is 6.10. The van der Waals surface area contributed by atoms with Crippen LogP contribution in [0.5, 0.6) is 11.5 Å². The first kappa shape index (κ1) is 14.0. The fourth-order valence-electron chi connectivity index (χ4n) is 1.89. The van der Waals surface area contributed by atoms with E-state index in [1.807, 2.05) is 25.1 Å². The number of halogens is 1. The van der Waals surface area contributed by atoms with Gasteiger partial charge in [0.05, 0.1) is 25.6 Å². The zero-order chi connectivity index (χ0) is 14.7. The Kier molecular flexibility index (Phi) is 3.98. The number of nitrogen functional groups attached to an aromatic ring is 1. The third-order valence-corrected chi connectivity index (χ3v) is 3.02. The highest BCUT2D eigenvalue weighted by Gasteiger charge is 2.10. The van der Waals surface area contributed by atoms with Crippen LogP contribution in [0.1, 0.15) is 5.56 Å². The van der Waals surface area contributed by atoms with E-state index in [1.165, 1.54) is 19.2 Å². The minimum Gasteiger partial charge on any atom is -0.497 e. The highest BCUT2D eigenvalue weighted by Crippen LogP contribution is 2.31. The topological polar surface area (TPSA) is 56.5 Å². The number of aryl methyl sites for hydroxylation is 1. The molecule has 0 spiro atoms. The quantitative estimate of drug-likeness (QED) is 0.839. The number of anilines is 3. The van der Waals surface area contributed by atoms with Crippen LogP contribution in [-0.4, -0.2) is 14.2 Å². The summed E-state index contributed by atoms with van der Waals surface area (Å²) in [6, 6.07) is 8.28. The third kappa shape index (κ3) is 2.77. The summed E-state index contributed by atoms with van der Waals surface area (Å²) in [5, 5.41) is 3.03. The summed E-state index contributed by atoms with van der Waals surface area (Å²) in [5.41, 5.74) is 7.96. The lowest BCUT2D eigenvalue weighted by atomic mass is 10.1. The van der Waals surface area contributed by atoms with Gasteiger partial charge >= 0.3 is 0 Å². The first-order chi connectivity index (χ1) is 9.55. The van der Waals surface area contributed by atoms with E-state index < -0.39 is 5.82 Å². The molecule has 0 bridgehead atoms. The zero-order valence-corrected chi connectivity index (χ0v) is 11.7. The predicted octanol–water partition coefficient (Wildman–Crippen LogP) is 3.48. The van der Waals surface area contributed by atoms with Gasteiger partial charge in [-0.25, -0.2) is 4.39 Å². The SMILES string of the molecule is COc1ccc(Nc2cc(OC)c(N)cc2F)c(C)c1. The largest absolute Gasteiger partial charge is 0.497 e. The Morgan fingerprint density at radius 2 is 1.80 bits per heavy atom. The molecule has 0 fully saturated rings. The monoisotopic (exact) mass is 276 g/mol. The maximum Gasteiger partial charge on any atom is 0.148 e. The van der Waals surface area contributed by atoms with Crippen LogP contribution in [-0.2, 0) is 0 Å². The summed E-state index contributed by atoms with van der Waals surface area (Å²) in [5.74, 6) is 0.752. The van der Waals surface area contributed by atoms with E-state index in [1.54, 1.807) is 7.11 Å². The summed E-state index contributed by atoms with van der Waals surface area (Å²) in [7, 11) is 3.10. The van der Waals surface area contributed by atoms with Crippen molar-refractivity contribution in [3.05, 3.63) is 41.7 Å². The Hall–Kier alpha value is -2.43. The average Bonchev–Trinajstić information content (AvgIpc) is 2.43. The average molecular weight is 276 g/mol. The van der Waals surface area contributed by atoms with Crippen molar-refractivity contribution < 1.29 is 13.9 Å². The van der Waals surface area contributed by atoms with Gasteiger partial charge in [-0.1, -0.05) is 0 Å². The van der Waals surface area contributed by atoms with Crippen LogP contribution in [0.25, 0.3) is 0 Å². The molecule has 0 aliphatic rings. The molecule has 0 aliphatic heterocycles. The van der Waals surface area contributed by atoms with E-state index >= 15 is 0 Å². The van der Waals surface area contributed by atoms with Crippen molar-refractivity contribution in [3.8, 4) is 11.5 Å². The van der Waals surface area contributed by atoms with Gasteiger partial charge < -0.3 is 20.5 Å². The molecule has 0 atom stereocenters. The van der Waals surface area contributed by atoms with Gasteiger partial charge in [-0.3, -0.25) is 0 Å². The molecular weight excluding hydrogens is 259 g/mol. The minimum atomic E-state index is -0.432. The van der Waals surface area contributed by atoms with Crippen LogP contribution in [0, 0.1) is 12.7 Å². The highest BCUT2D eigenvalue weighted by atomic mass is 19.1. The molecule has 4 nitrogen and oxygen atoms in total. The van der Waals surface area contributed by atoms with Crippen molar-refractivity contribution in [2.24, 2.45) is 0 Å². The smallest absolute Gasteiger partial charge is 0.148 e. The van der Waals surface area contributed by atoms with Gasteiger partial charge in [-0.2, -0.15) is 0 Å². The number of nitrogens with one attached hydrogen (secondary N) is 1. The van der Waals surface area contributed by atoms with Crippen molar-refractivity contribution in [2.45, 2.75) is 6.92 Å². The van der Waals surface area contributed by atoms with Gasteiger partial charge in [0.2, 0.25) is 0 Å². The van der Waals surface area contributed by atoms with Crippen LogP contribution in [0.4, 0.5) is 21.5 Å². The lowest BCUT2D eigenvalue weighted by molar-refractivity contribution is 0.414. The molecule has 0 saturated heterocycles. The summed E-state index contributed by atoms with van der Waals surface area (Å²) < 4.78 is 24.1. The first-order valence-corrected chi connectivity index (χ1v) is 6.10. The summed E-state index contributed by atoms with van der Waals surface area (Å²) in [6.07, 6.45) is 0. The number of methoxy groups -OCH3 is 2. The van der Waals surface area contributed by atoms with E-state index in [4.69, 9.17) is 15.2 Å². The molecule has 0 heterocycles. The van der Waals surface area contributed by atoms with E-state index in [9.17, 15) is 4.39 Å². The molecule has 0 unspecified atom stereocenters. The van der Waals surface area contributed by atoms with Crippen molar-refractivity contribution >= 4 is 17.1 Å². The normalized spacial score (nSPS) is 10.2. The van der Waals surface area contributed by atoms with Crippen molar-refractivity contribution in [1.29, 1.82) is 0 Å². The van der Waals surface area contributed by atoms with Crippen LogP contribution in [0.15, 0.2) is 30.3 Å². The number of nitrogens with two attached hydrogens (primary N) is 1. The molecule has 5 heteroatoms. The van der Waals surface area contributed by atoms with Gasteiger partial charge in [-0.05, 0) is 30.7 Å². The molecule has 0 aliphatic carbocycles. The van der Waals surface area contributed by atoms with Crippen LogP contribution in [0.3, 0.4) is 0 Å². The molecule has 0 aromatic heterocycles. The molecule has 2 rings (SSSR count). The molecule has 0 saturated carbocycles. The molecule has 20 heavy (non-hydrogen) atoms. The maximum atomic E-state index is 13.9. The lowest BCUT2D eigenvalue weighted by Crippen LogP contribution is -2.00. The van der Waals surface area contributed by atoms with Gasteiger partial charge in [-0.15, -0.1) is 0 Å².